The van der Waals surface area contributed by atoms with Gasteiger partial charge in [0.1, 0.15) is 22.6 Å². The maximum absolute atomic E-state index is 13.1. The number of halogens is 2. The van der Waals surface area contributed by atoms with E-state index >= 15 is 0 Å². The molecule has 5 nitrogen and oxygen atoms in total. The molecule has 0 radical (unpaired) electrons. The maximum Gasteiger partial charge on any atom is 0.153 e. The van der Waals surface area contributed by atoms with E-state index in [0.29, 0.717) is 10.6 Å². The molecule has 2 aromatic heterocycles. The van der Waals surface area contributed by atoms with Crippen LogP contribution in [0.5, 0.6) is 5.75 Å². The van der Waals surface area contributed by atoms with E-state index in [4.69, 9.17) is 16.3 Å². The number of fused-ring (bicyclic) bond motifs is 1. The van der Waals surface area contributed by atoms with Crippen molar-refractivity contribution in [2.75, 3.05) is 11.8 Å². The van der Waals surface area contributed by atoms with Crippen molar-refractivity contribution in [3.63, 3.8) is 0 Å². The molecule has 146 valence electrons. The minimum Gasteiger partial charge on any atom is -0.496 e. The van der Waals surface area contributed by atoms with Crippen molar-refractivity contribution in [1.82, 2.24) is 9.97 Å². The third kappa shape index (κ3) is 4.06. The van der Waals surface area contributed by atoms with Crippen LogP contribution in [0.25, 0.3) is 22.0 Å². The monoisotopic (exact) mass is 427 g/mol. The summed E-state index contributed by atoms with van der Waals surface area (Å²) >= 11 is 6.19. The van der Waals surface area contributed by atoms with Gasteiger partial charge in [-0.3, -0.25) is 9.71 Å². The molecule has 0 aliphatic heterocycles. The summed E-state index contributed by atoms with van der Waals surface area (Å²) < 4.78 is 33.9. The van der Waals surface area contributed by atoms with E-state index in [9.17, 15) is 8.60 Å². The van der Waals surface area contributed by atoms with Gasteiger partial charge in [-0.05, 0) is 54.1 Å². The Labute approximate surface area is 174 Å². The van der Waals surface area contributed by atoms with E-state index in [1.807, 2.05) is 18.2 Å². The van der Waals surface area contributed by atoms with Gasteiger partial charge < -0.3 is 4.74 Å². The number of hydrogen-bond acceptors (Lipinski definition) is 4. The zero-order valence-corrected chi connectivity index (χ0v) is 16.8. The van der Waals surface area contributed by atoms with Gasteiger partial charge in [-0.1, -0.05) is 17.7 Å². The lowest BCUT2D eigenvalue weighted by Crippen LogP contribution is -2.06. The SMILES string of the molecule is COc1ccnc2ccc(-c3cnc(Cl)c(NS(=O)c4ccc(F)cc4)c3)cc12. The van der Waals surface area contributed by atoms with E-state index in [1.165, 1.54) is 24.3 Å². The number of pyridine rings is 2. The average Bonchev–Trinajstić information content (AvgIpc) is 2.75. The first-order valence-corrected chi connectivity index (χ1v) is 10.1. The van der Waals surface area contributed by atoms with Crippen molar-refractivity contribution in [1.29, 1.82) is 0 Å². The third-order valence-corrected chi connectivity index (χ3v) is 5.73. The highest BCUT2D eigenvalue weighted by atomic mass is 35.5. The molecule has 1 atom stereocenters. The van der Waals surface area contributed by atoms with Crippen LogP contribution in [0.3, 0.4) is 0 Å². The molecule has 4 rings (SSSR count). The molecule has 29 heavy (non-hydrogen) atoms. The number of nitrogens with one attached hydrogen (secondary N) is 1. The molecule has 4 aromatic rings. The Morgan fingerprint density at radius 1 is 1.03 bits per heavy atom. The van der Waals surface area contributed by atoms with E-state index < -0.39 is 16.8 Å². The number of methoxy groups -OCH3 is 1. The van der Waals surface area contributed by atoms with Crippen LogP contribution in [0.2, 0.25) is 5.15 Å². The second-order valence-corrected chi connectivity index (χ2v) is 7.70. The molecule has 1 N–H and O–H groups in total. The highest BCUT2D eigenvalue weighted by molar-refractivity contribution is 7.86. The topological polar surface area (TPSA) is 64.1 Å². The number of ether oxygens (including phenoxy) is 1. The fourth-order valence-corrected chi connectivity index (χ4v) is 3.94. The van der Waals surface area contributed by atoms with Crippen molar-refractivity contribution in [2.45, 2.75) is 4.90 Å². The number of aromatic nitrogens is 2. The molecule has 8 heteroatoms. The lowest BCUT2D eigenvalue weighted by atomic mass is 10.0. The molecule has 0 fully saturated rings. The molecule has 0 spiro atoms. The summed E-state index contributed by atoms with van der Waals surface area (Å²) in [5.74, 6) is 0.322. The minimum absolute atomic E-state index is 0.184. The second-order valence-electron chi connectivity index (χ2n) is 6.13. The smallest absolute Gasteiger partial charge is 0.153 e. The zero-order chi connectivity index (χ0) is 20.4. The van der Waals surface area contributed by atoms with Crippen molar-refractivity contribution in [2.24, 2.45) is 0 Å². The van der Waals surface area contributed by atoms with Gasteiger partial charge in [-0.15, -0.1) is 0 Å². The largest absolute Gasteiger partial charge is 0.496 e. The molecule has 2 heterocycles. The average molecular weight is 428 g/mol. The summed E-state index contributed by atoms with van der Waals surface area (Å²) in [6.45, 7) is 0. The quantitative estimate of drug-likeness (QED) is 0.443. The summed E-state index contributed by atoms with van der Waals surface area (Å²) in [6, 6.07) is 14.7. The van der Waals surface area contributed by atoms with Gasteiger partial charge in [-0.2, -0.15) is 0 Å². The normalized spacial score (nSPS) is 12.0. The predicted octanol–water partition coefficient (Wildman–Crippen LogP) is 5.23. The van der Waals surface area contributed by atoms with Crippen LogP contribution in [0.15, 0.2) is 71.9 Å². The predicted molar refractivity (Wildman–Crippen MR) is 113 cm³/mol. The van der Waals surface area contributed by atoms with Crippen molar-refractivity contribution >= 4 is 39.2 Å². The fraction of sp³-hybridized carbons (Fsp3) is 0.0476. The second kappa shape index (κ2) is 8.14. The molecule has 0 saturated heterocycles. The standard InChI is InChI=1S/C21H15ClFN3O2S/c1-28-20-8-9-24-18-7-2-13(10-17(18)20)14-11-19(21(22)25-12-14)26-29(27)16-5-3-15(23)4-6-16/h2-12,26H,1H3. The molecule has 0 aliphatic rings. The van der Waals surface area contributed by atoms with E-state index in [1.54, 1.807) is 31.6 Å². The highest BCUT2D eigenvalue weighted by Gasteiger charge is 2.11. The number of rotatable bonds is 5. The molecule has 0 amide bonds. The minimum atomic E-state index is -1.62. The first-order valence-electron chi connectivity index (χ1n) is 8.58. The Morgan fingerprint density at radius 3 is 2.59 bits per heavy atom. The summed E-state index contributed by atoms with van der Waals surface area (Å²) in [5.41, 5.74) is 2.88. The van der Waals surface area contributed by atoms with Gasteiger partial charge in [-0.25, -0.2) is 13.6 Å². The fourth-order valence-electron chi connectivity index (χ4n) is 2.87. The van der Waals surface area contributed by atoms with Gasteiger partial charge in [0.15, 0.2) is 5.15 Å². The van der Waals surface area contributed by atoms with Gasteiger partial charge in [0.25, 0.3) is 0 Å². The van der Waals surface area contributed by atoms with Crippen molar-refractivity contribution in [3.05, 3.63) is 78.0 Å². The Balaban J connectivity index is 1.69. The van der Waals surface area contributed by atoms with Crippen LogP contribution in [0, 0.1) is 5.82 Å². The van der Waals surface area contributed by atoms with Crippen molar-refractivity contribution in [3.8, 4) is 16.9 Å². The Bertz CT molecular complexity index is 1220. The number of benzene rings is 2. The van der Waals surface area contributed by atoms with E-state index in [2.05, 4.69) is 14.7 Å². The van der Waals surface area contributed by atoms with Crippen LogP contribution < -0.4 is 9.46 Å². The first-order chi connectivity index (χ1) is 14.0. The zero-order valence-electron chi connectivity index (χ0n) is 15.2. The summed E-state index contributed by atoms with van der Waals surface area (Å²) in [5, 5.41) is 1.05. The van der Waals surface area contributed by atoms with Crippen LogP contribution in [-0.4, -0.2) is 21.3 Å². The number of nitrogens with zero attached hydrogens (tertiary/aromatic N) is 2. The molecular weight excluding hydrogens is 413 g/mol. The molecular formula is C21H15ClFN3O2S. The lowest BCUT2D eigenvalue weighted by molar-refractivity contribution is 0.419. The highest BCUT2D eigenvalue weighted by Crippen LogP contribution is 2.32. The number of anilines is 1. The first kappa shape index (κ1) is 19.3. The Hall–Kier alpha value is -3.03. The summed E-state index contributed by atoms with van der Waals surface area (Å²) in [6.07, 6.45) is 3.33. The lowest BCUT2D eigenvalue weighted by Gasteiger charge is -2.11. The maximum atomic E-state index is 13.1. The van der Waals surface area contributed by atoms with Crippen molar-refractivity contribution < 1.29 is 13.3 Å². The van der Waals surface area contributed by atoms with Crippen LogP contribution in [0.4, 0.5) is 10.1 Å². The Kier molecular flexibility index (Phi) is 5.42. The van der Waals surface area contributed by atoms with Gasteiger partial charge in [0, 0.05) is 23.3 Å². The third-order valence-electron chi connectivity index (χ3n) is 4.32. The van der Waals surface area contributed by atoms with E-state index in [-0.39, 0.29) is 5.15 Å². The molecule has 0 saturated carbocycles. The molecule has 1 unspecified atom stereocenters. The Morgan fingerprint density at radius 2 is 1.83 bits per heavy atom. The molecule has 2 aromatic carbocycles. The number of hydrogen-bond donors (Lipinski definition) is 1. The van der Waals surface area contributed by atoms with Crippen LogP contribution in [0.1, 0.15) is 0 Å². The van der Waals surface area contributed by atoms with Gasteiger partial charge in [0.2, 0.25) is 0 Å². The van der Waals surface area contributed by atoms with Gasteiger partial charge in [0.05, 0.1) is 23.2 Å². The van der Waals surface area contributed by atoms with Gasteiger partial charge >= 0.3 is 0 Å². The van der Waals surface area contributed by atoms with E-state index in [0.717, 1.165) is 27.8 Å². The van der Waals surface area contributed by atoms with Crippen LogP contribution in [-0.2, 0) is 11.0 Å². The molecule has 0 aliphatic carbocycles. The summed E-state index contributed by atoms with van der Waals surface area (Å²) in [4.78, 5) is 8.97. The van der Waals surface area contributed by atoms with Crippen LogP contribution >= 0.6 is 11.6 Å². The molecule has 0 bridgehead atoms. The summed E-state index contributed by atoms with van der Waals surface area (Å²) in [7, 11) is -0.00685.